The van der Waals surface area contributed by atoms with Crippen LogP contribution in [0.3, 0.4) is 0 Å². The molecule has 17 heteroatoms. The monoisotopic (exact) mass is 711 g/mol. The van der Waals surface area contributed by atoms with Crippen LogP contribution >= 0.6 is 0 Å². The van der Waals surface area contributed by atoms with Crippen molar-refractivity contribution < 1.29 is 42.6 Å². The topological polar surface area (TPSA) is 195 Å². The third kappa shape index (κ3) is 6.96. The molecule has 51 heavy (non-hydrogen) atoms. The molecule has 4 aromatic rings. The number of amides is 2. The highest BCUT2D eigenvalue weighted by Crippen LogP contribution is 2.39. The number of quaternary nitrogens is 1. The Labute approximate surface area is 290 Å². The van der Waals surface area contributed by atoms with E-state index in [0.717, 1.165) is 11.1 Å². The Morgan fingerprint density at radius 2 is 1.69 bits per heavy atom. The number of rotatable bonds is 11. The lowest BCUT2D eigenvalue weighted by Gasteiger charge is -2.32. The summed E-state index contributed by atoms with van der Waals surface area (Å²) in [5.41, 5.74) is 7.73. The zero-order valence-corrected chi connectivity index (χ0v) is 27.5. The summed E-state index contributed by atoms with van der Waals surface area (Å²) in [4.78, 5) is 56.0. The van der Waals surface area contributed by atoms with E-state index >= 15 is 0 Å². The van der Waals surface area contributed by atoms with E-state index < -0.39 is 59.0 Å². The third-order valence-corrected chi connectivity index (χ3v) is 9.58. The molecule has 1 unspecified atom stereocenters. The molecule has 1 aliphatic carbocycles. The van der Waals surface area contributed by atoms with Crippen LogP contribution in [0, 0.1) is 0 Å². The van der Waals surface area contributed by atoms with Crippen LogP contribution in [0.15, 0.2) is 67.0 Å². The molecule has 6 rings (SSSR count). The highest BCUT2D eigenvalue weighted by atomic mass is 19.4. The van der Waals surface area contributed by atoms with Crippen molar-refractivity contribution in [3.8, 4) is 0 Å². The van der Waals surface area contributed by atoms with Gasteiger partial charge >= 0.3 is 18.1 Å². The number of nitrogens with two attached hydrogens (primary N) is 1. The number of aliphatic hydroxyl groups is 2. The van der Waals surface area contributed by atoms with Crippen LogP contribution < -0.4 is 21.0 Å². The molecule has 1 saturated carbocycles. The number of benzene rings is 2. The highest BCUT2D eigenvalue weighted by molar-refractivity contribution is 5.87. The van der Waals surface area contributed by atoms with Gasteiger partial charge in [-0.2, -0.15) is 23.1 Å². The molecule has 2 aromatic carbocycles. The Hall–Kier alpha value is -5.13. The first-order chi connectivity index (χ1) is 24.3. The minimum Gasteiger partial charge on any atom is -0.388 e. The molecule has 270 valence electrons. The maximum absolute atomic E-state index is 13.7. The molecule has 2 fully saturated rings. The average molecular weight is 712 g/mol. The van der Waals surface area contributed by atoms with E-state index in [-0.39, 0.29) is 67.6 Å². The van der Waals surface area contributed by atoms with E-state index in [4.69, 9.17) is 10.6 Å². The predicted octanol–water partition coefficient (Wildman–Crippen LogP) is 2.61. The summed E-state index contributed by atoms with van der Waals surface area (Å²) < 4.78 is 41.1. The number of alkyl halides is 3. The number of nitrogens with zero attached hydrogens (tertiary/aromatic N) is 5. The zero-order chi connectivity index (χ0) is 36.5. The number of aromatic nitrogens is 4. The fraction of sp³-hybridized carbons (Fsp3) is 0.412. The Morgan fingerprint density at radius 1 is 1.04 bits per heavy atom. The molecule has 6 atom stereocenters. The molecule has 0 spiro atoms. The number of carbonyl (C=O) groups is 3. The molecular formula is C34H38F3N8O6+. The van der Waals surface area contributed by atoms with E-state index in [1.54, 1.807) is 6.92 Å². The molecule has 2 aromatic heterocycles. The number of fused-ring (bicyclic) bond motifs is 1. The fourth-order valence-corrected chi connectivity index (χ4v) is 6.99. The number of hydroxylamine groups is 2. The van der Waals surface area contributed by atoms with Gasteiger partial charge in [0.1, 0.15) is 18.8 Å². The van der Waals surface area contributed by atoms with Gasteiger partial charge in [0.2, 0.25) is 11.9 Å². The van der Waals surface area contributed by atoms with Gasteiger partial charge in [-0.15, -0.1) is 0 Å². The largest absolute Gasteiger partial charge is 0.497 e. The summed E-state index contributed by atoms with van der Waals surface area (Å²) in [5.74, 6) is -4.58. The van der Waals surface area contributed by atoms with Gasteiger partial charge in [0, 0.05) is 31.7 Å². The summed E-state index contributed by atoms with van der Waals surface area (Å²) in [6.07, 6.45) is -6.50. The second-order valence-corrected chi connectivity index (χ2v) is 12.7. The minimum atomic E-state index is -5.41. The van der Waals surface area contributed by atoms with Gasteiger partial charge in [-0.1, -0.05) is 72.2 Å². The number of primary amides is 1. The van der Waals surface area contributed by atoms with E-state index in [2.05, 4.69) is 25.6 Å². The van der Waals surface area contributed by atoms with Crippen molar-refractivity contribution in [3.63, 3.8) is 0 Å². The van der Waals surface area contributed by atoms with Crippen molar-refractivity contribution >= 4 is 40.7 Å². The van der Waals surface area contributed by atoms with Gasteiger partial charge in [-0.25, -0.2) is 9.78 Å². The smallest absolute Gasteiger partial charge is 0.388 e. The number of hydrogen-bond donors (Lipinski definition) is 5. The lowest BCUT2D eigenvalue weighted by atomic mass is 9.91. The van der Waals surface area contributed by atoms with Gasteiger partial charge in [-0.05, 0) is 17.5 Å². The molecule has 0 bridgehead atoms. The van der Waals surface area contributed by atoms with E-state index in [1.165, 1.54) is 10.9 Å². The number of hydrogen-bond acceptors (Lipinski definition) is 10. The molecule has 1 aliphatic heterocycles. The molecule has 3 heterocycles. The number of aliphatic hydroxyl groups excluding tert-OH is 2. The zero-order valence-electron chi connectivity index (χ0n) is 27.5. The van der Waals surface area contributed by atoms with Crippen LogP contribution in [-0.2, 0) is 19.2 Å². The quantitative estimate of drug-likeness (QED) is 0.144. The van der Waals surface area contributed by atoms with Gasteiger partial charge in [0.05, 0.1) is 18.4 Å². The van der Waals surface area contributed by atoms with Crippen molar-refractivity contribution in [1.82, 2.24) is 29.5 Å². The van der Waals surface area contributed by atoms with Crippen LogP contribution in [0.2, 0.25) is 0 Å². The number of anilines is 1. The van der Waals surface area contributed by atoms with Gasteiger partial charge < -0.3 is 31.1 Å². The van der Waals surface area contributed by atoms with Crippen LogP contribution in [0.25, 0.3) is 11.2 Å². The minimum absolute atomic E-state index is 0.00729. The molecule has 0 radical (unpaired) electrons. The number of imidazole rings is 1. The van der Waals surface area contributed by atoms with Crippen molar-refractivity contribution in [2.45, 2.75) is 75.0 Å². The Kier molecular flexibility index (Phi) is 9.97. The Balaban J connectivity index is 1.49. The first-order valence-electron chi connectivity index (χ1n) is 16.6. The molecule has 2 amide bonds. The lowest BCUT2D eigenvalue weighted by molar-refractivity contribution is -0.237. The van der Waals surface area contributed by atoms with Crippen molar-refractivity contribution in [2.75, 3.05) is 18.4 Å². The highest BCUT2D eigenvalue weighted by Gasteiger charge is 2.58. The summed E-state index contributed by atoms with van der Waals surface area (Å²) >= 11 is 0. The maximum atomic E-state index is 13.7. The second-order valence-electron chi connectivity index (χ2n) is 12.7. The first kappa shape index (κ1) is 35.7. The van der Waals surface area contributed by atoms with Crippen molar-refractivity contribution in [1.29, 1.82) is 0 Å². The summed E-state index contributed by atoms with van der Waals surface area (Å²) in [5, 5.41) is 27.9. The van der Waals surface area contributed by atoms with E-state index in [0.29, 0.717) is 0 Å². The second kappa shape index (κ2) is 14.2. The summed E-state index contributed by atoms with van der Waals surface area (Å²) in [6.45, 7) is 1.56. The summed E-state index contributed by atoms with van der Waals surface area (Å²) in [7, 11) is 0. The van der Waals surface area contributed by atoms with Crippen molar-refractivity contribution in [2.24, 2.45) is 5.73 Å². The van der Waals surface area contributed by atoms with E-state index in [1.807, 2.05) is 60.7 Å². The standard InChI is InChI=1S/C34H37F3N8O6/c1-2-25(46)41-22-16-23(28(48)27(22)47)44-18-40-26-30(39-17-21(19-10-5-3-6-11-19)20-12-7-4-8-13-20)42-33(43-31(26)44)45(51-32(50)34(35,36)37)15-9-14-24(45)29(38)49/h3-8,10-13,18,21-24,27-28,47-48H,2,9,14-17H2,1H3,(H3-,38,39,41,42,43,46,49)/p+1/t22-,23+,24?,27+,28-,45+/m0/s1. The molecule has 6 N–H and O–H groups in total. The average Bonchev–Trinajstić information content (AvgIpc) is 3.82. The normalized spacial score (nSPS) is 24.9. The number of halogens is 3. The van der Waals surface area contributed by atoms with Crippen LogP contribution in [0.5, 0.6) is 0 Å². The van der Waals surface area contributed by atoms with Gasteiger partial charge in [-0.3, -0.25) is 14.4 Å². The summed E-state index contributed by atoms with van der Waals surface area (Å²) in [6, 6.07) is 16.0. The number of carbonyl (C=O) groups excluding carboxylic acids is 3. The number of nitrogens with one attached hydrogen (secondary N) is 2. The fourth-order valence-electron chi connectivity index (χ4n) is 6.99. The molecular weight excluding hydrogens is 673 g/mol. The maximum Gasteiger partial charge on any atom is 0.497 e. The Morgan fingerprint density at radius 3 is 2.27 bits per heavy atom. The Bertz CT molecular complexity index is 1860. The van der Waals surface area contributed by atoms with Gasteiger partial charge in [0.25, 0.3) is 5.91 Å². The first-order valence-corrected chi connectivity index (χ1v) is 16.6. The lowest BCUT2D eigenvalue weighted by Crippen LogP contribution is -2.60. The SMILES string of the molecule is CCC(=O)N[C@H]1C[C@@H](n2cnc3c(NCC(c4ccccc4)c4ccccc4)nc([N@@+]4(OC(=O)C(F)(F)F)CCCC4C(N)=O)nc32)[C@H](O)[C@@H]1O. The third-order valence-electron chi connectivity index (χ3n) is 9.58. The molecule has 14 nitrogen and oxygen atoms in total. The van der Waals surface area contributed by atoms with Crippen LogP contribution in [0.4, 0.5) is 24.9 Å². The van der Waals surface area contributed by atoms with Gasteiger partial charge in [0.15, 0.2) is 17.0 Å². The predicted molar refractivity (Wildman–Crippen MR) is 177 cm³/mol. The molecule has 1 saturated heterocycles. The van der Waals surface area contributed by atoms with Crippen LogP contribution in [-0.4, -0.2) is 91.1 Å². The van der Waals surface area contributed by atoms with Crippen LogP contribution in [0.1, 0.15) is 55.7 Å². The van der Waals surface area contributed by atoms with Crippen molar-refractivity contribution in [3.05, 3.63) is 78.1 Å². The molecule has 2 aliphatic rings. The van der Waals surface area contributed by atoms with E-state index in [9.17, 15) is 37.8 Å².